The molecule has 132 valence electrons. The molecule has 1 amide bonds. The number of amides is 1. The topological polar surface area (TPSA) is 85.3 Å². The smallest absolute Gasteiger partial charge is 0.410 e. The second kappa shape index (κ2) is 7.42. The number of carboxylic acids is 1. The first kappa shape index (κ1) is 17.9. The molecule has 0 bridgehead atoms. The Morgan fingerprint density at radius 2 is 1.96 bits per heavy atom. The van der Waals surface area contributed by atoms with Crippen LogP contribution in [0.5, 0.6) is 11.5 Å². The van der Waals surface area contributed by atoms with Gasteiger partial charge in [0.15, 0.2) is 0 Å². The molecule has 1 aliphatic rings. The minimum absolute atomic E-state index is 0.0625. The summed E-state index contributed by atoms with van der Waals surface area (Å²) in [4.78, 5) is 25.4. The largest absolute Gasteiger partial charge is 0.496 e. The third-order valence-corrected chi connectivity index (χ3v) is 4.29. The summed E-state index contributed by atoms with van der Waals surface area (Å²) in [7, 11) is 2.93. The van der Waals surface area contributed by atoms with Gasteiger partial charge in [-0.1, -0.05) is 6.92 Å². The maximum atomic E-state index is 12.2. The zero-order valence-electron chi connectivity index (χ0n) is 14.4. The summed E-state index contributed by atoms with van der Waals surface area (Å²) in [5, 5.41) is 9.43. The number of hydrogen-bond acceptors (Lipinski definition) is 5. The fourth-order valence-corrected chi connectivity index (χ4v) is 3.13. The van der Waals surface area contributed by atoms with Gasteiger partial charge < -0.3 is 24.2 Å². The number of benzene rings is 1. The van der Waals surface area contributed by atoms with Crippen LogP contribution >= 0.6 is 0 Å². The number of carbonyl (C=O) groups is 2. The number of hydrogen-bond donors (Lipinski definition) is 1. The molecule has 1 N–H and O–H groups in total. The Balaban J connectivity index is 2.57. The molecule has 2 rings (SSSR count). The molecule has 0 aliphatic carbocycles. The molecule has 0 fully saturated rings. The molecule has 0 aromatic heterocycles. The quantitative estimate of drug-likeness (QED) is 0.889. The van der Waals surface area contributed by atoms with Crippen molar-refractivity contribution in [1.82, 2.24) is 4.90 Å². The van der Waals surface area contributed by atoms with E-state index in [1.807, 2.05) is 6.92 Å². The van der Waals surface area contributed by atoms with Crippen molar-refractivity contribution in [3.05, 3.63) is 22.8 Å². The van der Waals surface area contributed by atoms with Gasteiger partial charge in [-0.15, -0.1) is 0 Å². The summed E-state index contributed by atoms with van der Waals surface area (Å²) in [6.07, 6.45) is 0.838. The van der Waals surface area contributed by atoms with E-state index >= 15 is 0 Å². The van der Waals surface area contributed by atoms with Crippen LogP contribution in [0, 0.1) is 0 Å². The molecule has 0 saturated carbocycles. The van der Waals surface area contributed by atoms with Crippen molar-refractivity contribution in [2.45, 2.75) is 39.3 Å². The molecular formula is C17H23NO6. The Bertz CT molecular complexity index is 642. The van der Waals surface area contributed by atoms with E-state index in [2.05, 4.69) is 0 Å². The van der Waals surface area contributed by atoms with Crippen LogP contribution in [0.4, 0.5) is 4.79 Å². The van der Waals surface area contributed by atoms with Crippen molar-refractivity contribution in [1.29, 1.82) is 0 Å². The Kier molecular flexibility index (Phi) is 5.54. The first-order valence-corrected chi connectivity index (χ1v) is 7.91. The monoisotopic (exact) mass is 337 g/mol. The molecule has 1 aromatic carbocycles. The molecule has 1 aliphatic heterocycles. The Hall–Kier alpha value is -2.44. The second-order valence-corrected chi connectivity index (χ2v) is 5.51. The van der Waals surface area contributed by atoms with Gasteiger partial charge in [-0.3, -0.25) is 0 Å². The fraction of sp³-hybridized carbons (Fsp3) is 0.529. The molecule has 1 unspecified atom stereocenters. The molecule has 7 nitrogen and oxygen atoms in total. The lowest BCUT2D eigenvalue weighted by Gasteiger charge is -2.37. The summed E-state index contributed by atoms with van der Waals surface area (Å²) in [5.74, 6) is -0.305. The molecule has 1 aromatic rings. The Morgan fingerprint density at radius 3 is 2.46 bits per heavy atom. The van der Waals surface area contributed by atoms with Gasteiger partial charge >= 0.3 is 12.1 Å². The van der Waals surface area contributed by atoms with Crippen LogP contribution in [0.25, 0.3) is 0 Å². The maximum Gasteiger partial charge on any atom is 0.410 e. The van der Waals surface area contributed by atoms with Gasteiger partial charge in [0.25, 0.3) is 0 Å². The van der Waals surface area contributed by atoms with Crippen LogP contribution < -0.4 is 9.47 Å². The summed E-state index contributed by atoms with van der Waals surface area (Å²) in [6, 6.07) is 1.36. The molecular weight excluding hydrogens is 314 g/mol. The zero-order valence-corrected chi connectivity index (χ0v) is 14.4. The average molecular weight is 337 g/mol. The predicted octanol–water partition coefficient (Wildman–Crippen LogP) is 2.70. The van der Waals surface area contributed by atoms with Crippen molar-refractivity contribution >= 4 is 12.1 Å². The highest BCUT2D eigenvalue weighted by molar-refractivity contribution is 5.92. The van der Waals surface area contributed by atoms with E-state index in [1.165, 1.54) is 20.3 Å². The lowest BCUT2D eigenvalue weighted by molar-refractivity contribution is 0.0687. The van der Waals surface area contributed by atoms with Gasteiger partial charge in [0.1, 0.15) is 17.1 Å². The SMILES string of the molecule is CCOC(=O)N1Cc2c(OC)cc(C(=O)O)c(OC)c2CC1CC. The minimum atomic E-state index is -1.08. The first-order valence-electron chi connectivity index (χ1n) is 7.91. The van der Waals surface area contributed by atoms with Crippen molar-refractivity contribution in [2.24, 2.45) is 0 Å². The van der Waals surface area contributed by atoms with Crippen LogP contribution in [-0.2, 0) is 17.7 Å². The van der Waals surface area contributed by atoms with Gasteiger partial charge in [-0.2, -0.15) is 0 Å². The molecule has 1 heterocycles. The third kappa shape index (κ3) is 3.11. The summed E-state index contributed by atoms with van der Waals surface area (Å²) in [6.45, 7) is 4.34. The van der Waals surface area contributed by atoms with E-state index in [9.17, 15) is 14.7 Å². The normalized spacial score (nSPS) is 16.3. The first-order chi connectivity index (χ1) is 11.5. The number of carboxylic acid groups (broad SMARTS) is 1. The minimum Gasteiger partial charge on any atom is -0.496 e. The fourth-order valence-electron chi connectivity index (χ4n) is 3.13. The lowest BCUT2D eigenvalue weighted by atomic mass is 9.89. The van der Waals surface area contributed by atoms with E-state index in [0.29, 0.717) is 31.1 Å². The summed E-state index contributed by atoms with van der Waals surface area (Å²) < 4.78 is 15.9. The van der Waals surface area contributed by atoms with E-state index in [1.54, 1.807) is 11.8 Å². The van der Waals surface area contributed by atoms with Crippen molar-refractivity contribution in [3.8, 4) is 11.5 Å². The van der Waals surface area contributed by atoms with Crippen molar-refractivity contribution in [2.75, 3.05) is 20.8 Å². The Morgan fingerprint density at radius 1 is 1.25 bits per heavy atom. The van der Waals surface area contributed by atoms with E-state index in [0.717, 1.165) is 17.5 Å². The number of fused-ring (bicyclic) bond motifs is 1. The summed E-state index contributed by atoms with van der Waals surface area (Å²) >= 11 is 0. The molecule has 0 spiro atoms. The van der Waals surface area contributed by atoms with Crippen LogP contribution in [-0.4, -0.2) is 48.9 Å². The molecule has 7 heteroatoms. The number of nitrogens with zero attached hydrogens (tertiary/aromatic N) is 1. The van der Waals surface area contributed by atoms with E-state index < -0.39 is 5.97 Å². The number of carbonyl (C=O) groups excluding carboxylic acids is 1. The average Bonchev–Trinajstić information content (AvgIpc) is 2.58. The van der Waals surface area contributed by atoms with Crippen LogP contribution in [0.3, 0.4) is 0 Å². The Labute approximate surface area is 141 Å². The van der Waals surface area contributed by atoms with Crippen LogP contribution in [0.15, 0.2) is 6.07 Å². The molecule has 0 saturated heterocycles. The van der Waals surface area contributed by atoms with Crippen molar-refractivity contribution < 1.29 is 28.9 Å². The van der Waals surface area contributed by atoms with Crippen LogP contribution in [0.1, 0.15) is 41.8 Å². The highest BCUT2D eigenvalue weighted by Gasteiger charge is 2.35. The number of ether oxygens (including phenoxy) is 3. The second-order valence-electron chi connectivity index (χ2n) is 5.51. The van der Waals surface area contributed by atoms with Gasteiger partial charge in [-0.05, 0) is 25.8 Å². The molecule has 0 radical (unpaired) electrons. The van der Waals surface area contributed by atoms with Gasteiger partial charge in [0.05, 0.1) is 27.4 Å². The van der Waals surface area contributed by atoms with Gasteiger partial charge in [-0.25, -0.2) is 9.59 Å². The number of aromatic carboxylic acids is 1. The maximum absolute atomic E-state index is 12.2. The third-order valence-electron chi connectivity index (χ3n) is 4.29. The van der Waals surface area contributed by atoms with E-state index in [4.69, 9.17) is 14.2 Å². The standard InChI is InChI=1S/C17H23NO6/c1-5-10-7-11-13(9-18(10)17(21)24-6-2)14(22-3)8-12(16(19)20)15(11)23-4/h8,10H,5-7,9H2,1-4H3,(H,19,20). The molecule has 24 heavy (non-hydrogen) atoms. The van der Waals surface area contributed by atoms with Crippen LogP contribution in [0.2, 0.25) is 0 Å². The number of rotatable bonds is 5. The molecule has 1 atom stereocenters. The predicted molar refractivity (Wildman–Crippen MR) is 86.9 cm³/mol. The van der Waals surface area contributed by atoms with E-state index in [-0.39, 0.29) is 17.7 Å². The zero-order chi connectivity index (χ0) is 17.9. The highest BCUT2D eigenvalue weighted by atomic mass is 16.6. The summed E-state index contributed by atoms with van der Waals surface area (Å²) in [5.41, 5.74) is 1.60. The van der Waals surface area contributed by atoms with Gasteiger partial charge in [0.2, 0.25) is 0 Å². The van der Waals surface area contributed by atoms with Gasteiger partial charge in [0, 0.05) is 17.2 Å². The van der Waals surface area contributed by atoms with Crippen molar-refractivity contribution in [3.63, 3.8) is 0 Å². The highest BCUT2D eigenvalue weighted by Crippen LogP contribution is 2.40. The lowest BCUT2D eigenvalue weighted by Crippen LogP contribution is -2.44. The number of methoxy groups -OCH3 is 2.